The van der Waals surface area contributed by atoms with Crippen LogP contribution in [0.25, 0.3) is 0 Å². The lowest BCUT2D eigenvalue weighted by molar-refractivity contribution is -0.119. The molecule has 2 aromatic carbocycles. The third-order valence-electron chi connectivity index (χ3n) is 4.57. The topological polar surface area (TPSA) is 58.6 Å². The monoisotopic (exact) mass is 386 g/mol. The van der Waals surface area contributed by atoms with Gasteiger partial charge in [0.05, 0.1) is 0 Å². The van der Waals surface area contributed by atoms with Gasteiger partial charge in [-0.2, -0.15) is 0 Å². The molecule has 0 spiro atoms. The maximum Gasteiger partial charge on any atom is 0.253 e. The first-order valence-electron chi connectivity index (χ1n) is 9.05. The second-order valence-electron chi connectivity index (χ2n) is 6.71. The first-order chi connectivity index (χ1) is 13.0. The molecule has 1 aliphatic heterocycles. The molecule has 1 heterocycles. The van der Waals surface area contributed by atoms with Crippen LogP contribution in [-0.2, 0) is 11.4 Å². The number of likely N-dealkylation sites (tertiary alicyclic amines) is 1. The highest BCUT2D eigenvalue weighted by atomic mass is 35.5. The molecular weight excluding hydrogens is 364 g/mol. The summed E-state index contributed by atoms with van der Waals surface area (Å²) in [5.41, 5.74) is 1.58. The molecule has 6 heteroatoms. The van der Waals surface area contributed by atoms with Crippen LogP contribution in [0.1, 0.15) is 35.7 Å². The van der Waals surface area contributed by atoms with Crippen molar-refractivity contribution in [2.24, 2.45) is 0 Å². The van der Waals surface area contributed by atoms with Crippen molar-refractivity contribution in [3.05, 3.63) is 64.7 Å². The van der Waals surface area contributed by atoms with Gasteiger partial charge >= 0.3 is 0 Å². The van der Waals surface area contributed by atoms with E-state index < -0.39 is 0 Å². The zero-order valence-corrected chi connectivity index (χ0v) is 16.0. The molecule has 2 aromatic rings. The SMILES string of the molecule is CC(=O)NC1CCN(C(=O)c2cccc(OCc3cccc(Cl)c3)c2)CC1. The van der Waals surface area contributed by atoms with E-state index in [9.17, 15) is 9.59 Å². The van der Waals surface area contributed by atoms with E-state index in [4.69, 9.17) is 16.3 Å². The molecule has 0 aliphatic carbocycles. The van der Waals surface area contributed by atoms with E-state index in [1.54, 1.807) is 12.1 Å². The van der Waals surface area contributed by atoms with E-state index in [0.717, 1.165) is 18.4 Å². The second-order valence-corrected chi connectivity index (χ2v) is 7.15. The summed E-state index contributed by atoms with van der Waals surface area (Å²) in [6.45, 7) is 3.18. The molecule has 0 radical (unpaired) electrons. The molecule has 0 atom stereocenters. The van der Waals surface area contributed by atoms with Crippen molar-refractivity contribution in [3.8, 4) is 5.75 Å². The molecule has 3 rings (SSSR count). The minimum atomic E-state index is -0.0238. The van der Waals surface area contributed by atoms with Crippen molar-refractivity contribution in [1.29, 1.82) is 0 Å². The Morgan fingerprint density at radius 3 is 2.59 bits per heavy atom. The van der Waals surface area contributed by atoms with Crippen molar-refractivity contribution in [1.82, 2.24) is 10.2 Å². The molecule has 27 heavy (non-hydrogen) atoms. The zero-order chi connectivity index (χ0) is 19.2. The number of hydrogen-bond donors (Lipinski definition) is 1. The molecule has 0 unspecified atom stereocenters. The molecule has 0 aromatic heterocycles. The maximum atomic E-state index is 12.8. The average molecular weight is 387 g/mol. The Morgan fingerprint density at radius 2 is 1.89 bits per heavy atom. The highest BCUT2D eigenvalue weighted by Crippen LogP contribution is 2.20. The van der Waals surface area contributed by atoms with Gasteiger partial charge in [0.25, 0.3) is 5.91 Å². The van der Waals surface area contributed by atoms with E-state index >= 15 is 0 Å². The maximum absolute atomic E-state index is 12.8. The number of benzene rings is 2. The van der Waals surface area contributed by atoms with Gasteiger partial charge in [0, 0.05) is 36.6 Å². The standard InChI is InChI=1S/C21H23ClN2O3/c1-15(25)23-19-8-10-24(11-9-19)21(26)17-5-3-7-20(13-17)27-14-16-4-2-6-18(22)12-16/h2-7,12-13,19H,8-11,14H2,1H3,(H,23,25). The van der Waals surface area contributed by atoms with Crippen LogP contribution in [-0.4, -0.2) is 35.8 Å². The van der Waals surface area contributed by atoms with Crippen LogP contribution in [0.3, 0.4) is 0 Å². The van der Waals surface area contributed by atoms with Crippen molar-refractivity contribution in [2.45, 2.75) is 32.4 Å². The Labute approximate surface area is 164 Å². The Balaban J connectivity index is 1.58. The predicted molar refractivity (Wildman–Crippen MR) is 105 cm³/mol. The van der Waals surface area contributed by atoms with Gasteiger partial charge in [-0.15, -0.1) is 0 Å². The molecular formula is C21H23ClN2O3. The van der Waals surface area contributed by atoms with Crippen LogP contribution < -0.4 is 10.1 Å². The van der Waals surface area contributed by atoms with Gasteiger partial charge in [-0.25, -0.2) is 0 Å². The third kappa shape index (κ3) is 5.47. The minimum absolute atomic E-state index is 0.00974. The molecule has 1 N–H and O–H groups in total. The Hall–Kier alpha value is -2.53. The minimum Gasteiger partial charge on any atom is -0.489 e. The highest BCUT2D eigenvalue weighted by Gasteiger charge is 2.24. The van der Waals surface area contributed by atoms with Gasteiger partial charge in [0.2, 0.25) is 5.91 Å². The zero-order valence-electron chi connectivity index (χ0n) is 15.3. The molecule has 142 valence electrons. The van der Waals surface area contributed by atoms with Crippen LogP contribution in [0.4, 0.5) is 0 Å². The Bertz CT molecular complexity index is 817. The number of nitrogens with zero attached hydrogens (tertiary/aromatic N) is 1. The summed E-state index contributed by atoms with van der Waals surface area (Å²) in [4.78, 5) is 25.7. The van der Waals surface area contributed by atoms with Gasteiger partial charge in [0.15, 0.2) is 0 Å². The van der Waals surface area contributed by atoms with E-state index in [-0.39, 0.29) is 17.9 Å². The molecule has 1 fully saturated rings. The fourth-order valence-electron chi connectivity index (χ4n) is 3.21. The Morgan fingerprint density at radius 1 is 1.15 bits per heavy atom. The fourth-order valence-corrected chi connectivity index (χ4v) is 3.42. The summed E-state index contributed by atoms with van der Waals surface area (Å²) < 4.78 is 5.81. The molecule has 0 saturated carbocycles. The van der Waals surface area contributed by atoms with Crippen LogP contribution >= 0.6 is 11.6 Å². The first-order valence-corrected chi connectivity index (χ1v) is 9.43. The molecule has 0 bridgehead atoms. The van der Waals surface area contributed by atoms with Gasteiger partial charge in [-0.1, -0.05) is 29.8 Å². The number of hydrogen-bond acceptors (Lipinski definition) is 3. The van der Waals surface area contributed by atoms with E-state index in [1.165, 1.54) is 6.92 Å². The van der Waals surface area contributed by atoms with Crippen molar-refractivity contribution in [2.75, 3.05) is 13.1 Å². The van der Waals surface area contributed by atoms with E-state index in [1.807, 2.05) is 41.3 Å². The summed E-state index contributed by atoms with van der Waals surface area (Å²) in [7, 11) is 0. The largest absolute Gasteiger partial charge is 0.489 e. The molecule has 5 nitrogen and oxygen atoms in total. The summed E-state index contributed by atoms with van der Waals surface area (Å²) in [5, 5.41) is 3.59. The van der Waals surface area contributed by atoms with Gasteiger partial charge in [0.1, 0.15) is 12.4 Å². The van der Waals surface area contributed by atoms with Crippen molar-refractivity contribution in [3.63, 3.8) is 0 Å². The van der Waals surface area contributed by atoms with Gasteiger partial charge in [-0.3, -0.25) is 9.59 Å². The normalized spacial score (nSPS) is 14.7. The van der Waals surface area contributed by atoms with Gasteiger partial charge in [-0.05, 0) is 48.7 Å². The number of amides is 2. The quantitative estimate of drug-likeness (QED) is 0.853. The van der Waals surface area contributed by atoms with Crippen LogP contribution in [0.5, 0.6) is 5.75 Å². The van der Waals surface area contributed by atoms with E-state index in [0.29, 0.717) is 36.0 Å². The van der Waals surface area contributed by atoms with Crippen molar-refractivity contribution < 1.29 is 14.3 Å². The third-order valence-corrected chi connectivity index (χ3v) is 4.80. The second kappa shape index (κ2) is 8.91. The number of carbonyl (C=O) groups excluding carboxylic acids is 2. The lowest BCUT2D eigenvalue weighted by Crippen LogP contribution is -2.46. The van der Waals surface area contributed by atoms with E-state index in [2.05, 4.69) is 5.32 Å². The summed E-state index contributed by atoms with van der Waals surface area (Å²) in [5.74, 6) is 0.614. The molecule has 1 saturated heterocycles. The first kappa shape index (κ1) is 19.2. The van der Waals surface area contributed by atoms with Crippen molar-refractivity contribution >= 4 is 23.4 Å². The lowest BCUT2D eigenvalue weighted by atomic mass is 10.0. The fraction of sp³-hybridized carbons (Fsp3) is 0.333. The van der Waals surface area contributed by atoms with Crippen LogP contribution in [0, 0.1) is 0 Å². The summed E-state index contributed by atoms with van der Waals surface area (Å²) >= 11 is 5.99. The predicted octanol–water partition coefficient (Wildman–Crippen LogP) is 3.66. The number of halogens is 1. The summed E-state index contributed by atoms with van der Waals surface area (Å²) in [6.07, 6.45) is 1.55. The number of rotatable bonds is 5. The molecule has 1 aliphatic rings. The summed E-state index contributed by atoms with van der Waals surface area (Å²) in [6, 6.07) is 14.9. The van der Waals surface area contributed by atoms with Crippen LogP contribution in [0.2, 0.25) is 5.02 Å². The average Bonchev–Trinajstić information content (AvgIpc) is 2.66. The number of piperidine rings is 1. The number of carbonyl (C=O) groups is 2. The molecule has 2 amide bonds. The highest BCUT2D eigenvalue weighted by molar-refractivity contribution is 6.30. The lowest BCUT2D eigenvalue weighted by Gasteiger charge is -2.32. The Kier molecular flexibility index (Phi) is 6.35. The number of ether oxygens (including phenoxy) is 1. The number of nitrogens with one attached hydrogen (secondary N) is 1. The van der Waals surface area contributed by atoms with Crippen LogP contribution in [0.15, 0.2) is 48.5 Å². The smallest absolute Gasteiger partial charge is 0.253 e. The van der Waals surface area contributed by atoms with Gasteiger partial charge < -0.3 is 15.0 Å².